The molecule has 0 saturated carbocycles. The average Bonchev–Trinajstić information content (AvgIpc) is 1.99. The second kappa shape index (κ2) is 2.82. The van der Waals surface area contributed by atoms with Gasteiger partial charge in [-0.3, -0.25) is 9.80 Å². The van der Waals surface area contributed by atoms with Crippen molar-refractivity contribution in [3.8, 4) is 0 Å². The molecule has 0 spiro atoms. The number of hydrazine groups is 1. The summed E-state index contributed by atoms with van der Waals surface area (Å²) in [6.07, 6.45) is 2.83. The quantitative estimate of drug-likeness (QED) is 0.503. The highest BCUT2D eigenvalue weighted by molar-refractivity contribution is 5.75. The Labute approximate surface area is 55.0 Å². The van der Waals surface area contributed by atoms with E-state index in [0.29, 0.717) is 6.42 Å². The van der Waals surface area contributed by atoms with Crippen LogP contribution >= 0.6 is 0 Å². The first-order valence-corrected chi connectivity index (χ1v) is 3.31. The van der Waals surface area contributed by atoms with Crippen molar-refractivity contribution >= 4 is 5.91 Å². The van der Waals surface area contributed by atoms with Crippen LogP contribution in [-0.2, 0) is 4.79 Å². The lowest BCUT2D eigenvalue weighted by molar-refractivity contribution is -0.131. The van der Waals surface area contributed by atoms with E-state index in [9.17, 15) is 4.79 Å². The lowest BCUT2D eigenvalue weighted by atomic mass is 10.2. The summed E-state index contributed by atoms with van der Waals surface area (Å²) in [4.78, 5) is 10.9. The summed E-state index contributed by atoms with van der Waals surface area (Å²) in [5, 5.41) is 1.58. The summed E-state index contributed by atoms with van der Waals surface area (Å²) in [5.41, 5.74) is 2.98. The van der Waals surface area contributed by atoms with Gasteiger partial charge in [-0.2, -0.15) is 0 Å². The molecule has 0 aromatic heterocycles. The lowest BCUT2D eigenvalue weighted by Crippen LogP contribution is -2.37. The molecule has 1 amide bonds. The minimum atomic E-state index is 0.201. The molecule has 0 atom stereocenters. The SMILES string of the molecule is CN1NCCCCC1=O. The van der Waals surface area contributed by atoms with Gasteiger partial charge in [0.15, 0.2) is 0 Å². The van der Waals surface area contributed by atoms with E-state index < -0.39 is 0 Å². The molecule has 3 heteroatoms. The first-order chi connectivity index (χ1) is 4.30. The van der Waals surface area contributed by atoms with Crippen LogP contribution in [0.1, 0.15) is 19.3 Å². The van der Waals surface area contributed by atoms with Gasteiger partial charge in [0.2, 0.25) is 5.91 Å². The van der Waals surface area contributed by atoms with Crippen LogP contribution in [0.4, 0.5) is 0 Å². The van der Waals surface area contributed by atoms with E-state index in [0.717, 1.165) is 19.4 Å². The van der Waals surface area contributed by atoms with Crippen LogP contribution in [0.3, 0.4) is 0 Å². The van der Waals surface area contributed by atoms with Crippen LogP contribution in [0.2, 0.25) is 0 Å². The van der Waals surface area contributed by atoms with E-state index in [1.165, 1.54) is 0 Å². The maximum atomic E-state index is 10.9. The fourth-order valence-electron chi connectivity index (χ4n) is 0.904. The number of hydrogen-bond donors (Lipinski definition) is 1. The molecule has 0 unspecified atom stereocenters. The minimum Gasteiger partial charge on any atom is -0.281 e. The highest BCUT2D eigenvalue weighted by atomic mass is 16.2. The summed E-state index contributed by atoms with van der Waals surface area (Å²) in [6.45, 7) is 0.933. The molecule has 1 aliphatic heterocycles. The molecular formula is C6H12N2O. The normalized spacial score (nSPS) is 21.9. The smallest absolute Gasteiger partial charge is 0.236 e. The van der Waals surface area contributed by atoms with Gasteiger partial charge in [0.1, 0.15) is 0 Å². The number of amides is 1. The van der Waals surface area contributed by atoms with Crippen LogP contribution in [-0.4, -0.2) is 24.5 Å². The minimum absolute atomic E-state index is 0.201. The van der Waals surface area contributed by atoms with Crippen molar-refractivity contribution in [3.63, 3.8) is 0 Å². The predicted molar refractivity (Wildman–Crippen MR) is 34.6 cm³/mol. The molecule has 0 aromatic carbocycles. The van der Waals surface area contributed by atoms with Crippen molar-refractivity contribution in [2.45, 2.75) is 19.3 Å². The molecule has 0 aliphatic carbocycles. The third-order valence-corrected chi connectivity index (χ3v) is 1.54. The first-order valence-electron chi connectivity index (χ1n) is 3.31. The van der Waals surface area contributed by atoms with Crippen molar-refractivity contribution in [1.82, 2.24) is 10.4 Å². The number of rotatable bonds is 0. The van der Waals surface area contributed by atoms with E-state index in [1.807, 2.05) is 0 Å². The Morgan fingerprint density at radius 2 is 2.33 bits per heavy atom. The summed E-state index contributed by atoms with van der Waals surface area (Å²) in [7, 11) is 1.77. The van der Waals surface area contributed by atoms with E-state index >= 15 is 0 Å². The zero-order valence-electron chi connectivity index (χ0n) is 5.68. The molecule has 0 aromatic rings. The van der Waals surface area contributed by atoms with Crippen molar-refractivity contribution in [3.05, 3.63) is 0 Å². The monoisotopic (exact) mass is 128 g/mol. The van der Waals surface area contributed by atoms with Gasteiger partial charge in [0.25, 0.3) is 0 Å². The summed E-state index contributed by atoms with van der Waals surface area (Å²) >= 11 is 0. The van der Waals surface area contributed by atoms with Crippen molar-refractivity contribution in [1.29, 1.82) is 0 Å². The standard InChI is InChI=1S/C6H12N2O/c1-8-6(9)4-2-3-5-7-8/h7H,2-5H2,1H3. The van der Waals surface area contributed by atoms with Crippen LogP contribution in [0.25, 0.3) is 0 Å². The van der Waals surface area contributed by atoms with Crippen molar-refractivity contribution in [2.75, 3.05) is 13.6 Å². The van der Waals surface area contributed by atoms with Crippen LogP contribution in [0.15, 0.2) is 0 Å². The van der Waals surface area contributed by atoms with Gasteiger partial charge in [-0.1, -0.05) is 0 Å². The van der Waals surface area contributed by atoms with Crippen molar-refractivity contribution in [2.24, 2.45) is 0 Å². The Balaban J connectivity index is 2.41. The zero-order valence-corrected chi connectivity index (χ0v) is 5.68. The molecule has 3 nitrogen and oxygen atoms in total. The van der Waals surface area contributed by atoms with Crippen LogP contribution < -0.4 is 5.43 Å². The van der Waals surface area contributed by atoms with Gasteiger partial charge in [-0.05, 0) is 12.8 Å². The van der Waals surface area contributed by atoms with Gasteiger partial charge >= 0.3 is 0 Å². The first kappa shape index (κ1) is 6.55. The number of nitrogens with one attached hydrogen (secondary N) is 1. The van der Waals surface area contributed by atoms with Gasteiger partial charge < -0.3 is 0 Å². The Morgan fingerprint density at radius 1 is 1.56 bits per heavy atom. The van der Waals surface area contributed by atoms with E-state index in [2.05, 4.69) is 5.43 Å². The highest BCUT2D eigenvalue weighted by Crippen LogP contribution is 2.00. The molecule has 1 N–H and O–H groups in total. The molecule has 1 rings (SSSR count). The molecule has 1 saturated heterocycles. The zero-order chi connectivity index (χ0) is 6.69. The maximum absolute atomic E-state index is 10.9. The van der Waals surface area contributed by atoms with Crippen LogP contribution in [0, 0.1) is 0 Å². The molecular weight excluding hydrogens is 116 g/mol. The molecule has 1 aliphatic rings. The molecule has 0 bridgehead atoms. The fraction of sp³-hybridized carbons (Fsp3) is 0.833. The Kier molecular flexibility index (Phi) is 2.05. The van der Waals surface area contributed by atoms with Crippen molar-refractivity contribution < 1.29 is 4.79 Å². The van der Waals surface area contributed by atoms with Gasteiger partial charge in [-0.15, -0.1) is 0 Å². The topological polar surface area (TPSA) is 32.3 Å². The molecule has 0 radical (unpaired) electrons. The van der Waals surface area contributed by atoms with Gasteiger partial charge in [-0.25, -0.2) is 5.43 Å². The second-order valence-electron chi connectivity index (χ2n) is 2.32. The molecule has 52 valence electrons. The number of carbonyl (C=O) groups is 1. The number of carbonyl (C=O) groups excluding carboxylic acids is 1. The van der Waals surface area contributed by atoms with Crippen LogP contribution in [0.5, 0.6) is 0 Å². The fourth-order valence-corrected chi connectivity index (χ4v) is 0.904. The summed E-state index contributed by atoms with van der Waals surface area (Å²) in [5.74, 6) is 0.201. The largest absolute Gasteiger partial charge is 0.281 e. The Hall–Kier alpha value is -0.570. The summed E-state index contributed by atoms with van der Waals surface area (Å²) in [6, 6.07) is 0. The molecule has 1 heterocycles. The molecule has 9 heavy (non-hydrogen) atoms. The average molecular weight is 128 g/mol. The maximum Gasteiger partial charge on any atom is 0.236 e. The Morgan fingerprint density at radius 3 is 3.11 bits per heavy atom. The third-order valence-electron chi connectivity index (χ3n) is 1.54. The predicted octanol–water partition coefficient (Wildman–Crippen LogP) is 0.133. The van der Waals surface area contributed by atoms with Gasteiger partial charge in [0, 0.05) is 20.0 Å². The lowest BCUT2D eigenvalue weighted by Gasteiger charge is -2.13. The van der Waals surface area contributed by atoms with Gasteiger partial charge in [0.05, 0.1) is 0 Å². The summed E-state index contributed by atoms with van der Waals surface area (Å²) < 4.78 is 0. The van der Waals surface area contributed by atoms with E-state index in [-0.39, 0.29) is 5.91 Å². The highest BCUT2D eigenvalue weighted by Gasteiger charge is 2.10. The van der Waals surface area contributed by atoms with E-state index in [4.69, 9.17) is 0 Å². The van der Waals surface area contributed by atoms with E-state index in [1.54, 1.807) is 12.1 Å². The number of nitrogens with zero attached hydrogens (tertiary/aromatic N) is 1. The molecule has 1 fully saturated rings. The third kappa shape index (κ3) is 1.68. The Bertz CT molecular complexity index is 114. The number of hydrogen-bond acceptors (Lipinski definition) is 2. The second-order valence-corrected chi connectivity index (χ2v) is 2.32.